The average Bonchev–Trinajstić information content (AvgIpc) is 2.61. The van der Waals surface area contributed by atoms with Gasteiger partial charge in [0.2, 0.25) is 11.8 Å². The van der Waals surface area contributed by atoms with Gasteiger partial charge in [-0.2, -0.15) is 5.26 Å². The van der Waals surface area contributed by atoms with E-state index in [0.717, 1.165) is 32.4 Å². The fourth-order valence-electron chi connectivity index (χ4n) is 2.65. The van der Waals surface area contributed by atoms with Gasteiger partial charge in [0.25, 0.3) is 0 Å². The first kappa shape index (κ1) is 18.1. The molecule has 1 aromatic rings. The van der Waals surface area contributed by atoms with Crippen molar-refractivity contribution in [1.82, 2.24) is 10.2 Å². The third-order valence-electron chi connectivity index (χ3n) is 3.96. The molecule has 2 rings (SSSR count). The van der Waals surface area contributed by atoms with Crippen molar-refractivity contribution in [2.75, 3.05) is 25.0 Å². The number of rotatable bonds is 5. The van der Waals surface area contributed by atoms with E-state index in [0.29, 0.717) is 16.3 Å². The van der Waals surface area contributed by atoms with Crippen LogP contribution in [0.5, 0.6) is 0 Å². The van der Waals surface area contributed by atoms with Crippen LogP contribution in [0.3, 0.4) is 0 Å². The Hall–Kier alpha value is -2.26. The number of benzene rings is 1. The SMILES string of the molecule is C[C@H](NC(=O)CNc1ccc(Cl)c(C#N)c1)C(=O)N1CCCCC1. The molecule has 1 heterocycles. The van der Waals surface area contributed by atoms with E-state index in [9.17, 15) is 9.59 Å². The topological polar surface area (TPSA) is 85.2 Å². The largest absolute Gasteiger partial charge is 0.376 e. The number of carbonyl (C=O) groups is 2. The third-order valence-corrected chi connectivity index (χ3v) is 4.29. The van der Waals surface area contributed by atoms with Crippen molar-refractivity contribution in [2.24, 2.45) is 0 Å². The van der Waals surface area contributed by atoms with Gasteiger partial charge in [0, 0.05) is 18.8 Å². The van der Waals surface area contributed by atoms with Crippen molar-refractivity contribution < 1.29 is 9.59 Å². The number of halogens is 1. The molecule has 0 aliphatic carbocycles. The van der Waals surface area contributed by atoms with E-state index in [4.69, 9.17) is 16.9 Å². The highest BCUT2D eigenvalue weighted by atomic mass is 35.5. The maximum atomic E-state index is 12.3. The van der Waals surface area contributed by atoms with Crippen molar-refractivity contribution in [3.05, 3.63) is 28.8 Å². The van der Waals surface area contributed by atoms with Gasteiger partial charge in [-0.3, -0.25) is 9.59 Å². The summed E-state index contributed by atoms with van der Waals surface area (Å²) in [4.78, 5) is 26.1. The van der Waals surface area contributed by atoms with Crippen molar-refractivity contribution in [2.45, 2.75) is 32.2 Å². The van der Waals surface area contributed by atoms with E-state index >= 15 is 0 Å². The lowest BCUT2D eigenvalue weighted by Crippen LogP contribution is -2.49. The predicted molar refractivity (Wildman–Crippen MR) is 92.7 cm³/mol. The molecule has 7 heteroatoms. The fourth-order valence-corrected chi connectivity index (χ4v) is 2.81. The van der Waals surface area contributed by atoms with Crippen LogP contribution in [0.4, 0.5) is 5.69 Å². The van der Waals surface area contributed by atoms with Crippen LogP contribution in [-0.2, 0) is 9.59 Å². The zero-order valence-corrected chi connectivity index (χ0v) is 14.4. The van der Waals surface area contributed by atoms with Crippen molar-refractivity contribution >= 4 is 29.1 Å². The van der Waals surface area contributed by atoms with Crippen LogP contribution in [0, 0.1) is 11.3 Å². The summed E-state index contributed by atoms with van der Waals surface area (Å²) in [6.45, 7) is 3.24. The number of nitrogens with zero attached hydrogens (tertiary/aromatic N) is 2. The van der Waals surface area contributed by atoms with Gasteiger partial charge in [-0.15, -0.1) is 0 Å². The van der Waals surface area contributed by atoms with Crippen LogP contribution < -0.4 is 10.6 Å². The summed E-state index contributed by atoms with van der Waals surface area (Å²) < 4.78 is 0. The number of likely N-dealkylation sites (tertiary alicyclic amines) is 1. The molecule has 128 valence electrons. The van der Waals surface area contributed by atoms with Gasteiger partial charge in [0.15, 0.2) is 0 Å². The zero-order chi connectivity index (χ0) is 17.5. The highest BCUT2D eigenvalue weighted by Crippen LogP contribution is 2.19. The summed E-state index contributed by atoms with van der Waals surface area (Å²) in [6.07, 6.45) is 3.19. The molecule has 1 saturated heterocycles. The Morgan fingerprint density at radius 2 is 2.04 bits per heavy atom. The summed E-state index contributed by atoms with van der Waals surface area (Å²) in [5.41, 5.74) is 0.969. The zero-order valence-electron chi connectivity index (χ0n) is 13.6. The number of hydrogen-bond donors (Lipinski definition) is 2. The van der Waals surface area contributed by atoms with E-state index in [1.165, 1.54) is 0 Å². The minimum absolute atomic E-state index is 0.0180. The first-order valence-corrected chi connectivity index (χ1v) is 8.40. The van der Waals surface area contributed by atoms with Crippen LogP contribution in [0.25, 0.3) is 0 Å². The molecule has 24 heavy (non-hydrogen) atoms. The van der Waals surface area contributed by atoms with Crippen molar-refractivity contribution in [1.29, 1.82) is 5.26 Å². The van der Waals surface area contributed by atoms with Gasteiger partial charge in [-0.1, -0.05) is 11.6 Å². The summed E-state index contributed by atoms with van der Waals surface area (Å²) in [7, 11) is 0. The standard InChI is InChI=1S/C17H21ClN4O2/c1-12(17(24)22-7-3-2-4-8-22)21-16(23)11-20-14-5-6-15(18)13(9-14)10-19/h5-6,9,12,20H,2-4,7-8,11H2,1H3,(H,21,23)/t12-/m0/s1. The van der Waals surface area contributed by atoms with Crippen LogP contribution in [0.15, 0.2) is 18.2 Å². The number of carbonyl (C=O) groups excluding carboxylic acids is 2. The van der Waals surface area contributed by atoms with E-state index < -0.39 is 6.04 Å². The van der Waals surface area contributed by atoms with E-state index in [1.807, 2.05) is 6.07 Å². The summed E-state index contributed by atoms with van der Waals surface area (Å²) in [6, 6.07) is 6.31. The van der Waals surface area contributed by atoms with Gasteiger partial charge in [-0.25, -0.2) is 0 Å². The lowest BCUT2D eigenvalue weighted by Gasteiger charge is -2.29. The highest BCUT2D eigenvalue weighted by Gasteiger charge is 2.23. The van der Waals surface area contributed by atoms with E-state index in [2.05, 4.69) is 10.6 Å². The van der Waals surface area contributed by atoms with E-state index in [-0.39, 0.29) is 18.4 Å². The lowest BCUT2D eigenvalue weighted by atomic mass is 10.1. The van der Waals surface area contributed by atoms with Crippen LogP contribution in [-0.4, -0.2) is 42.4 Å². The van der Waals surface area contributed by atoms with Crippen molar-refractivity contribution in [3.8, 4) is 6.07 Å². The summed E-state index contributed by atoms with van der Waals surface area (Å²) in [5, 5.41) is 14.9. The second-order valence-electron chi connectivity index (χ2n) is 5.84. The van der Waals surface area contributed by atoms with Gasteiger partial charge in [0.05, 0.1) is 17.1 Å². The molecule has 0 aromatic heterocycles. The number of nitriles is 1. The summed E-state index contributed by atoms with van der Waals surface area (Å²) in [5.74, 6) is -0.317. The van der Waals surface area contributed by atoms with Gasteiger partial charge < -0.3 is 15.5 Å². The average molecular weight is 349 g/mol. The second kappa shape index (κ2) is 8.55. The molecule has 2 amide bonds. The first-order valence-electron chi connectivity index (χ1n) is 8.03. The highest BCUT2D eigenvalue weighted by molar-refractivity contribution is 6.31. The summed E-state index contributed by atoms with van der Waals surface area (Å²) >= 11 is 5.86. The Balaban J connectivity index is 1.82. The van der Waals surface area contributed by atoms with Gasteiger partial charge >= 0.3 is 0 Å². The maximum absolute atomic E-state index is 12.3. The van der Waals surface area contributed by atoms with Crippen LogP contribution >= 0.6 is 11.6 Å². The first-order chi connectivity index (χ1) is 11.5. The van der Waals surface area contributed by atoms with E-state index in [1.54, 1.807) is 30.0 Å². The molecule has 1 aliphatic heterocycles. The Bertz CT molecular complexity index is 650. The third kappa shape index (κ3) is 4.87. The number of amides is 2. The maximum Gasteiger partial charge on any atom is 0.244 e. The molecule has 1 aromatic carbocycles. The molecule has 0 bridgehead atoms. The Labute approximate surface area is 146 Å². The van der Waals surface area contributed by atoms with Gasteiger partial charge in [0.1, 0.15) is 12.1 Å². The minimum Gasteiger partial charge on any atom is -0.376 e. The normalized spacial score (nSPS) is 15.3. The lowest BCUT2D eigenvalue weighted by molar-refractivity contribution is -0.136. The molecule has 2 N–H and O–H groups in total. The quantitative estimate of drug-likeness (QED) is 0.853. The number of hydrogen-bond acceptors (Lipinski definition) is 4. The number of anilines is 1. The van der Waals surface area contributed by atoms with Crippen molar-refractivity contribution in [3.63, 3.8) is 0 Å². The van der Waals surface area contributed by atoms with Crippen LogP contribution in [0.1, 0.15) is 31.7 Å². The number of nitrogens with one attached hydrogen (secondary N) is 2. The Morgan fingerprint density at radius 1 is 1.33 bits per heavy atom. The monoisotopic (exact) mass is 348 g/mol. The fraction of sp³-hybridized carbons (Fsp3) is 0.471. The molecule has 6 nitrogen and oxygen atoms in total. The predicted octanol–water partition coefficient (Wildman–Crippen LogP) is 2.14. The van der Waals surface area contributed by atoms with Gasteiger partial charge in [-0.05, 0) is 44.4 Å². The molecule has 0 unspecified atom stereocenters. The van der Waals surface area contributed by atoms with Crippen LogP contribution in [0.2, 0.25) is 5.02 Å². The molecule has 1 fully saturated rings. The smallest absolute Gasteiger partial charge is 0.244 e. The minimum atomic E-state index is -0.544. The molecular formula is C17H21ClN4O2. The Kier molecular flexibility index (Phi) is 6.44. The molecular weight excluding hydrogens is 328 g/mol. The second-order valence-corrected chi connectivity index (χ2v) is 6.24. The molecule has 1 atom stereocenters. The number of piperidine rings is 1. The Morgan fingerprint density at radius 3 is 2.71 bits per heavy atom. The molecule has 0 spiro atoms. The molecule has 0 saturated carbocycles. The molecule has 0 radical (unpaired) electrons. The molecule has 1 aliphatic rings.